The number of oxazole rings is 2. The number of hydrogen-bond donors (Lipinski definition) is 2. The van der Waals surface area contributed by atoms with E-state index in [0.29, 0.717) is 29.1 Å². The Balaban J connectivity index is 0.000000671. The molecule has 122 heavy (non-hydrogen) atoms. The Morgan fingerprint density at radius 1 is 0.426 bits per heavy atom. The zero-order valence-electron chi connectivity index (χ0n) is 79.8. The molecular formula is C105H136N14O3. The third-order valence-electron chi connectivity index (χ3n) is 17.9. The molecule has 0 fully saturated rings. The molecule has 644 valence electrons. The lowest BCUT2D eigenvalue weighted by atomic mass is 9.84. The van der Waals surface area contributed by atoms with E-state index in [1.807, 2.05) is 50.7 Å². The molecule has 0 bridgehead atoms. The van der Waals surface area contributed by atoms with Crippen molar-refractivity contribution in [3.05, 3.63) is 165 Å². The first-order chi connectivity index (χ1) is 55.9. The van der Waals surface area contributed by atoms with E-state index in [0.717, 1.165) is 112 Å². The second kappa shape index (κ2) is 45.8. The Bertz CT molecular complexity index is 4980. The van der Waals surface area contributed by atoms with Crippen LogP contribution in [0.15, 0.2) is 134 Å². The van der Waals surface area contributed by atoms with Crippen LogP contribution in [-0.2, 0) is 39.5 Å². The standard InChI is InChI=1S/C10H14N2.5C10H13N.2C9H12N2.3C9H11NO/c1-6-9-11-7-8(12(9)5)10(2,3)4;1-5-9-6-8(7-11-9)10(2,3)4;2*1-5-9-8(6-7-11-9)10(2,3)4;2*1-5-8-6-7-9(11-8)10(2,3)4;1-5-8-10-6-7(11-8)9(2,3)4;1-5-7-6-8(11-10-7)9(2,3)4;1-5-8-10-7(6-11-8)9(2,3)4;1-5-8-10-6-7(11-8)9(2,3)4;1-5-8-7(6-11-10-8)9(2,3)4/h1,7H,2-5H3;3*1,6H,7H2,2-4H3;2*1,7H,6H2,2-4H3;2*1,6H,2-4H3,(H,10,11);3*1,6H,2-4H3. The molecule has 5 aliphatic heterocycles. The summed E-state index contributed by atoms with van der Waals surface area (Å²) >= 11 is 0. The molecule has 0 aromatic carbocycles. The van der Waals surface area contributed by atoms with Crippen LogP contribution in [0.5, 0.6) is 0 Å². The van der Waals surface area contributed by atoms with Crippen LogP contribution in [0.1, 0.15) is 310 Å². The Labute approximate surface area is 735 Å². The summed E-state index contributed by atoms with van der Waals surface area (Å²) in [4.78, 5) is 40.4. The van der Waals surface area contributed by atoms with E-state index in [-0.39, 0.29) is 59.6 Å². The van der Waals surface area contributed by atoms with E-state index < -0.39 is 0 Å². The predicted molar refractivity (Wildman–Crippen MR) is 513 cm³/mol. The second-order valence-corrected chi connectivity index (χ2v) is 40.0. The van der Waals surface area contributed by atoms with Gasteiger partial charge in [0, 0.05) is 92.3 Å². The Hall–Kier alpha value is -12.5. The van der Waals surface area contributed by atoms with Gasteiger partial charge in [0.1, 0.15) is 41.1 Å². The molecule has 0 aliphatic carbocycles. The zero-order valence-corrected chi connectivity index (χ0v) is 79.8. The quantitative estimate of drug-likeness (QED) is 0.138. The average molecular weight is 1640 g/mol. The van der Waals surface area contributed by atoms with Gasteiger partial charge in [-0.15, -0.1) is 70.7 Å². The fourth-order valence-corrected chi connectivity index (χ4v) is 10.4. The van der Waals surface area contributed by atoms with Crippen molar-refractivity contribution in [2.45, 2.75) is 274 Å². The van der Waals surface area contributed by atoms with E-state index >= 15 is 0 Å². The maximum Gasteiger partial charge on any atom is 0.273 e. The lowest BCUT2D eigenvalue weighted by Gasteiger charge is -2.19. The molecule has 0 radical (unpaired) electrons. The number of rotatable bonds is 0. The largest absolute Gasteiger partial charge is 0.438 e. The van der Waals surface area contributed by atoms with E-state index in [9.17, 15) is 0 Å². The Kier molecular flexibility index (Phi) is 40.3. The first kappa shape index (κ1) is 107. The molecule has 6 aromatic rings. The van der Waals surface area contributed by atoms with Gasteiger partial charge >= 0.3 is 0 Å². The topological polar surface area (TPSA) is 215 Å². The maximum absolute atomic E-state index is 5.30. The predicted octanol–water partition coefficient (Wildman–Crippen LogP) is 21.9. The lowest BCUT2D eigenvalue weighted by Crippen LogP contribution is -2.16. The number of terminal acetylenes is 11. The highest BCUT2D eigenvalue weighted by Gasteiger charge is 2.28. The minimum absolute atomic E-state index is 0.0118. The smallest absolute Gasteiger partial charge is 0.273 e. The molecular weight excluding hydrogens is 1510 g/mol. The summed E-state index contributed by atoms with van der Waals surface area (Å²) in [5.74, 6) is 30.4. The van der Waals surface area contributed by atoms with Gasteiger partial charge in [-0.05, 0) is 80.1 Å². The molecule has 17 heteroatoms. The van der Waals surface area contributed by atoms with Gasteiger partial charge in [0.15, 0.2) is 17.3 Å². The number of aromatic amines is 2. The third-order valence-corrected chi connectivity index (χ3v) is 17.9. The number of hydrogen-bond acceptors (Lipinski definition) is 14. The summed E-state index contributed by atoms with van der Waals surface area (Å²) in [5.41, 5.74) is 17.7. The monoisotopic (exact) mass is 1640 g/mol. The van der Waals surface area contributed by atoms with Gasteiger partial charge in [-0.3, -0.25) is 20.1 Å². The van der Waals surface area contributed by atoms with Gasteiger partial charge in [-0.2, -0.15) is 5.10 Å². The van der Waals surface area contributed by atoms with Crippen LogP contribution in [0.3, 0.4) is 0 Å². The SMILES string of the molecule is C#CC1=NC(C(C)(C)C)=CC1.C#CC1=NC(C(C)(C)C)=CC1.C#CC1=NCC(C(C)(C)C)=C1.C#CC1=NCC=C1C(C)(C)C.C#CC1=NCC=C1C(C)(C)C.C#Cc1cc(C(C)(C)C)n[nH]1.C#Cc1nc(C(C)(C)C)co1.C#Cc1ncc(C(C)(C)C)[nH]1.C#Cc1ncc(C(C)(C)C)n1C.C#Cc1ncc(C(C)(C)C)o1.C#Cc1nocc1C(C)(C)C. The van der Waals surface area contributed by atoms with Gasteiger partial charge < -0.3 is 22.9 Å². The minimum atomic E-state index is -0.0118. The minimum Gasteiger partial charge on any atom is -0.438 e. The van der Waals surface area contributed by atoms with Crippen molar-refractivity contribution in [2.24, 2.45) is 59.1 Å². The summed E-state index contributed by atoms with van der Waals surface area (Å²) in [7, 11) is 1.95. The molecule has 0 unspecified atom stereocenters. The summed E-state index contributed by atoms with van der Waals surface area (Å²) in [6.07, 6.45) is 77.9. The number of nitrogens with one attached hydrogen (secondary N) is 2. The number of aliphatic imine (C=N–C) groups is 5. The lowest BCUT2D eigenvalue weighted by molar-refractivity contribution is 0.402. The van der Waals surface area contributed by atoms with Crippen molar-refractivity contribution >= 4 is 28.6 Å². The van der Waals surface area contributed by atoms with Crippen LogP contribution in [0.4, 0.5) is 0 Å². The van der Waals surface area contributed by atoms with E-state index in [2.05, 4.69) is 362 Å². The summed E-state index contributed by atoms with van der Waals surface area (Å²) in [5, 5.41) is 10.6. The van der Waals surface area contributed by atoms with E-state index in [1.165, 1.54) is 16.7 Å². The first-order valence-corrected chi connectivity index (χ1v) is 40.4. The van der Waals surface area contributed by atoms with E-state index in [4.69, 9.17) is 84.0 Å². The summed E-state index contributed by atoms with van der Waals surface area (Å²) in [6, 6.07) is 1.90. The number of aromatic nitrogens is 9. The van der Waals surface area contributed by atoms with Crippen molar-refractivity contribution in [1.82, 2.24) is 44.8 Å². The van der Waals surface area contributed by atoms with Gasteiger partial charge in [0.05, 0.1) is 54.8 Å². The van der Waals surface area contributed by atoms with Crippen LogP contribution in [-0.4, -0.2) is 93.0 Å². The Morgan fingerprint density at radius 2 is 0.926 bits per heavy atom. The number of imidazole rings is 2. The second-order valence-electron chi connectivity index (χ2n) is 40.0. The van der Waals surface area contributed by atoms with Crippen molar-refractivity contribution in [1.29, 1.82) is 0 Å². The summed E-state index contributed by atoms with van der Waals surface area (Å²) in [6.45, 7) is 72.2. The fourth-order valence-electron chi connectivity index (χ4n) is 10.4. The molecule has 11 heterocycles. The molecule has 17 nitrogen and oxygen atoms in total. The number of allylic oxidation sites excluding steroid dienone is 7. The Morgan fingerprint density at radius 3 is 1.16 bits per heavy atom. The van der Waals surface area contributed by atoms with E-state index in [1.54, 1.807) is 24.9 Å². The molecule has 0 saturated carbocycles. The van der Waals surface area contributed by atoms with Crippen LogP contribution < -0.4 is 0 Å². The van der Waals surface area contributed by atoms with Crippen LogP contribution in [0.25, 0.3) is 0 Å². The highest BCUT2D eigenvalue weighted by atomic mass is 16.5. The molecule has 0 spiro atoms. The highest BCUT2D eigenvalue weighted by Crippen LogP contribution is 2.34. The van der Waals surface area contributed by atoms with Crippen molar-refractivity contribution in [3.63, 3.8) is 0 Å². The molecule has 6 aromatic heterocycles. The molecule has 11 rings (SSSR count). The number of nitrogens with zero attached hydrogens (tertiary/aromatic N) is 12. The summed E-state index contributed by atoms with van der Waals surface area (Å²) < 4.78 is 17.0. The van der Waals surface area contributed by atoms with Crippen molar-refractivity contribution < 1.29 is 13.4 Å². The van der Waals surface area contributed by atoms with Crippen molar-refractivity contribution in [2.75, 3.05) is 19.6 Å². The average Bonchev–Trinajstić information content (AvgIpc) is 1.62. The van der Waals surface area contributed by atoms with Gasteiger partial charge in [0.2, 0.25) is 0 Å². The first-order valence-electron chi connectivity index (χ1n) is 40.4. The van der Waals surface area contributed by atoms with Gasteiger partial charge in [0.25, 0.3) is 11.8 Å². The molecule has 0 atom stereocenters. The van der Waals surface area contributed by atoms with Crippen LogP contribution in [0.2, 0.25) is 0 Å². The molecule has 2 N–H and O–H groups in total. The highest BCUT2D eigenvalue weighted by molar-refractivity contribution is 6.15. The van der Waals surface area contributed by atoms with Gasteiger partial charge in [-0.25, -0.2) is 29.9 Å². The van der Waals surface area contributed by atoms with Crippen LogP contribution >= 0.6 is 0 Å². The van der Waals surface area contributed by atoms with Crippen LogP contribution in [0, 0.1) is 163 Å². The normalized spacial score (nSPS) is 13.9. The molecule has 0 amide bonds. The number of H-pyrrole nitrogens is 2. The maximum atomic E-state index is 5.30. The molecule has 5 aliphatic rings. The third kappa shape index (κ3) is 37.0. The molecule has 0 saturated heterocycles. The van der Waals surface area contributed by atoms with Crippen molar-refractivity contribution in [3.8, 4) is 136 Å². The van der Waals surface area contributed by atoms with Gasteiger partial charge in [-0.1, -0.05) is 293 Å². The zero-order chi connectivity index (χ0) is 94.2. The fraction of sp³-hybridized carbons (Fsp3) is 0.476.